The summed E-state index contributed by atoms with van der Waals surface area (Å²) in [6.45, 7) is 5.30. The number of carbonyl (C=O) groups excluding carboxylic acids is 1. The third-order valence-electron chi connectivity index (χ3n) is 5.88. The third-order valence-corrected chi connectivity index (χ3v) is 5.88. The van der Waals surface area contributed by atoms with E-state index in [4.69, 9.17) is 9.47 Å². The van der Waals surface area contributed by atoms with Gasteiger partial charge in [-0.05, 0) is 68.8 Å². The molecule has 3 N–H and O–H groups in total. The second-order valence-electron chi connectivity index (χ2n) is 8.75. The number of amides is 1. The van der Waals surface area contributed by atoms with Crippen molar-refractivity contribution in [1.82, 2.24) is 19.9 Å². The summed E-state index contributed by atoms with van der Waals surface area (Å²) < 4.78 is 12.0. The van der Waals surface area contributed by atoms with E-state index in [1.807, 2.05) is 50.2 Å². The Bertz CT molecular complexity index is 1390. The molecule has 2 aromatic carbocycles. The zero-order valence-corrected chi connectivity index (χ0v) is 21.6. The fraction of sp³-hybridized carbons (Fsp3) is 0.286. The van der Waals surface area contributed by atoms with E-state index in [-0.39, 0.29) is 32.2 Å². The Labute approximate surface area is 220 Å². The maximum Gasteiger partial charge on any atom is 0.263 e. The van der Waals surface area contributed by atoms with Gasteiger partial charge in [0.05, 0.1) is 30.3 Å². The van der Waals surface area contributed by atoms with Crippen molar-refractivity contribution < 1.29 is 24.5 Å². The van der Waals surface area contributed by atoms with Crippen LogP contribution in [0.2, 0.25) is 0 Å². The maximum absolute atomic E-state index is 12.9. The number of pyridine rings is 1. The molecule has 0 saturated carbocycles. The predicted octanol–water partition coefficient (Wildman–Crippen LogP) is 3.76. The largest absolute Gasteiger partial charge is 0.480 e. The van der Waals surface area contributed by atoms with E-state index < -0.39 is 6.10 Å². The van der Waals surface area contributed by atoms with Crippen molar-refractivity contribution in [3.05, 3.63) is 72.3 Å². The van der Waals surface area contributed by atoms with E-state index in [0.717, 1.165) is 16.9 Å². The van der Waals surface area contributed by atoms with Crippen LogP contribution in [0.1, 0.15) is 18.2 Å². The van der Waals surface area contributed by atoms with Crippen LogP contribution in [0.3, 0.4) is 0 Å². The van der Waals surface area contributed by atoms with Gasteiger partial charge in [0.2, 0.25) is 0 Å². The molecular formula is C28H31N5O5. The highest BCUT2D eigenvalue weighted by atomic mass is 16.5. The molecule has 0 bridgehead atoms. The lowest BCUT2D eigenvalue weighted by molar-refractivity contribution is -0.138. The van der Waals surface area contributed by atoms with Gasteiger partial charge in [0.25, 0.3) is 5.91 Å². The molecule has 0 fully saturated rings. The van der Waals surface area contributed by atoms with Crippen molar-refractivity contribution in [3.8, 4) is 17.2 Å². The highest BCUT2D eigenvalue weighted by Gasteiger charge is 2.23. The molecule has 4 aromatic rings. The molecule has 0 spiro atoms. The first kappa shape index (κ1) is 26.8. The number of nitrogens with zero attached hydrogens (tertiary/aromatic N) is 4. The van der Waals surface area contributed by atoms with Gasteiger partial charge in [-0.15, -0.1) is 0 Å². The second-order valence-corrected chi connectivity index (χ2v) is 8.75. The van der Waals surface area contributed by atoms with E-state index in [2.05, 4.69) is 20.3 Å². The smallest absolute Gasteiger partial charge is 0.263 e. The van der Waals surface area contributed by atoms with Crippen molar-refractivity contribution in [2.24, 2.45) is 0 Å². The van der Waals surface area contributed by atoms with Gasteiger partial charge in [0.15, 0.2) is 6.10 Å². The van der Waals surface area contributed by atoms with Gasteiger partial charge in [0.1, 0.15) is 29.4 Å². The number of hydrogen-bond acceptors (Lipinski definition) is 9. The van der Waals surface area contributed by atoms with Crippen LogP contribution in [0.5, 0.6) is 17.2 Å². The minimum absolute atomic E-state index is 0.109. The summed E-state index contributed by atoms with van der Waals surface area (Å²) in [5.41, 5.74) is 3.26. The first-order valence-electron chi connectivity index (χ1n) is 12.3. The van der Waals surface area contributed by atoms with Crippen molar-refractivity contribution >= 4 is 28.3 Å². The SMILES string of the molecule is Cc1ccc(Oc2ccc(Nc3ncnc4cccc(O[C@H](C)C(=O)N(CCO)CCO)c34)cc2C)cn1. The summed E-state index contributed by atoms with van der Waals surface area (Å²) in [6, 6.07) is 14.9. The zero-order valence-electron chi connectivity index (χ0n) is 21.6. The molecule has 10 nitrogen and oxygen atoms in total. The van der Waals surface area contributed by atoms with Crippen molar-refractivity contribution in [2.75, 3.05) is 31.6 Å². The van der Waals surface area contributed by atoms with Gasteiger partial charge in [-0.2, -0.15) is 0 Å². The molecule has 0 radical (unpaired) electrons. The van der Waals surface area contributed by atoms with Gasteiger partial charge in [-0.3, -0.25) is 9.78 Å². The third kappa shape index (κ3) is 6.34. The number of aliphatic hydroxyl groups is 2. The Morgan fingerprint density at radius 1 is 1.00 bits per heavy atom. The number of ether oxygens (including phenoxy) is 2. The lowest BCUT2D eigenvalue weighted by atomic mass is 10.1. The van der Waals surface area contributed by atoms with E-state index in [0.29, 0.717) is 34.0 Å². The average molecular weight is 518 g/mol. The predicted molar refractivity (Wildman–Crippen MR) is 144 cm³/mol. The number of carbonyl (C=O) groups is 1. The van der Waals surface area contributed by atoms with Crippen molar-refractivity contribution in [1.29, 1.82) is 0 Å². The van der Waals surface area contributed by atoms with Crippen molar-refractivity contribution in [2.45, 2.75) is 26.9 Å². The van der Waals surface area contributed by atoms with E-state index in [1.165, 1.54) is 11.2 Å². The molecule has 0 aliphatic rings. The number of aromatic nitrogens is 3. The number of benzene rings is 2. The fourth-order valence-electron chi connectivity index (χ4n) is 3.96. The minimum atomic E-state index is -0.860. The first-order valence-corrected chi connectivity index (χ1v) is 12.3. The number of hydrogen-bond donors (Lipinski definition) is 3. The number of aliphatic hydroxyl groups excluding tert-OH is 2. The summed E-state index contributed by atoms with van der Waals surface area (Å²) >= 11 is 0. The average Bonchev–Trinajstić information content (AvgIpc) is 2.91. The van der Waals surface area contributed by atoms with Crippen LogP contribution in [-0.4, -0.2) is 68.4 Å². The topological polar surface area (TPSA) is 130 Å². The lowest BCUT2D eigenvalue weighted by Crippen LogP contribution is -2.43. The summed E-state index contributed by atoms with van der Waals surface area (Å²) in [5.74, 6) is 1.97. The van der Waals surface area contributed by atoms with Gasteiger partial charge >= 0.3 is 0 Å². The normalized spacial score (nSPS) is 11.7. The number of nitrogens with one attached hydrogen (secondary N) is 1. The van der Waals surface area contributed by atoms with Gasteiger partial charge in [-0.25, -0.2) is 9.97 Å². The van der Waals surface area contributed by atoms with Gasteiger partial charge in [-0.1, -0.05) is 6.07 Å². The number of rotatable bonds is 11. The molecule has 198 valence electrons. The Hall–Kier alpha value is -4.28. The minimum Gasteiger partial charge on any atom is -0.480 e. The molecule has 2 heterocycles. The Morgan fingerprint density at radius 2 is 1.79 bits per heavy atom. The number of anilines is 2. The van der Waals surface area contributed by atoms with E-state index in [1.54, 1.807) is 25.3 Å². The highest BCUT2D eigenvalue weighted by molar-refractivity contribution is 5.96. The number of aryl methyl sites for hydroxylation is 2. The van der Waals surface area contributed by atoms with Crippen molar-refractivity contribution in [3.63, 3.8) is 0 Å². The molecule has 2 aromatic heterocycles. The maximum atomic E-state index is 12.9. The van der Waals surface area contributed by atoms with Crippen LogP contribution < -0.4 is 14.8 Å². The highest BCUT2D eigenvalue weighted by Crippen LogP contribution is 2.34. The molecule has 0 unspecified atom stereocenters. The van der Waals surface area contributed by atoms with Crippen LogP contribution in [0.4, 0.5) is 11.5 Å². The van der Waals surface area contributed by atoms with Crippen LogP contribution in [-0.2, 0) is 4.79 Å². The number of fused-ring (bicyclic) bond motifs is 1. The second kappa shape index (κ2) is 12.3. The summed E-state index contributed by atoms with van der Waals surface area (Å²) in [5, 5.41) is 22.5. The summed E-state index contributed by atoms with van der Waals surface area (Å²) in [6.07, 6.45) is 2.29. The molecule has 0 aliphatic carbocycles. The zero-order chi connectivity index (χ0) is 27.1. The van der Waals surface area contributed by atoms with Gasteiger partial charge < -0.3 is 29.9 Å². The first-order chi connectivity index (χ1) is 18.4. The van der Waals surface area contributed by atoms with Crippen LogP contribution >= 0.6 is 0 Å². The molecule has 1 atom stereocenters. The molecule has 10 heteroatoms. The van der Waals surface area contributed by atoms with Crippen LogP contribution in [0.25, 0.3) is 10.9 Å². The van der Waals surface area contributed by atoms with Crippen LogP contribution in [0.15, 0.2) is 61.1 Å². The Kier molecular flexibility index (Phi) is 8.67. The van der Waals surface area contributed by atoms with Gasteiger partial charge in [0, 0.05) is 24.5 Å². The fourth-order valence-corrected chi connectivity index (χ4v) is 3.96. The van der Waals surface area contributed by atoms with E-state index >= 15 is 0 Å². The monoisotopic (exact) mass is 517 g/mol. The summed E-state index contributed by atoms with van der Waals surface area (Å²) in [4.78, 5) is 27.3. The molecule has 38 heavy (non-hydrogen) atoms. The molecule has 1 amide bonds. The summed E-state index contributed by atoms with van der Waals surface area (Å²) in [7, 11) is 0. The Morgan fingerprint density at radius 3 is 2.47 bits per heavy atom. The quantitative estimate of drug-likeness (QED) is 0.272. The standard InChI is InChI=1S/C28H31N5O5/c1-18-15-21(8-10-24(18)38-22-9-7-19(2)29-16-22)32-27-26-23(30-17-31-27)5-4-6-25(26)37-20(3)28(36)33(11-13-34)12-14-35/h4-10,15-17,20,34-35H,11-14H2,1-3H3,(H,30,31,32)/t20-/m1/s1. The molecule has 4 rings (SSSR count). The molecular weight excluding hydrogens is 486 g/mol. The molecule has 0 aliphatic heterocycles. The van der Waals surface area contributed by atoms with E-state index in [9.17, 15) is 15.0 Å². The molecule has 0 saturated heterocycles. The van der Waals surface area contributed by atoms with Crippen LogP contribution in [0, 0.1) is 13.8 Å². The Balaban J connectivity index is 1.57. The lowest BCUT2D eigenvalue weighted by Gasteiger charge is -2.25.